The van der Waals surface area contributed by atoms with E-state index in [1.807, 2.05) is 13.8 Å². The highest BCUT2D eigenvalue weighted by Gasteiger charge is 2.30. The van der Waals surface area contributed by atoms with Crippen molar-refractivity contribution < 1.29 is 13.2 Å². The molecule has 0 bridgehead atoms. The van der Waals surface area contributed by atoms with Crippen LogP contribution in [-0.2, 0) is 6.18 Å². The lowest BCUT2D eigenvalue weighted by atomic mass is 10.0. The highest BCUT2D eigenvalue weighted by Crippen LogP contribution is 2.31. The van der Waals surface area contributed by atoms with Crippen LogP contribution in [0.1, 0.15) is 41.9 Å². The van der Waals surface area contributed by atoms with E-state index in [0.717, 1.165) is 10.9 Å². The lowest BCUT2D eigenvalue weighted by Gasteiger charge is -2.20. The average molecular weight is 300 g/mol. The second-order valence-electron chi connectivity index (χ2n) is 4.64. The van der Waals surface area contributed by atoms with Crippen LogP contribution >= 0.6 is 11.3 Å². The number of benzene rings is 1. The van der Waals surface area contributed by atoms with Crippen molar-refractivity contribution in [2.75, 3.05) is 0 Å². The summed E-state index contributed by atoms with van der Waals surface area (Å²) in [5, 5.41) is 3.28. The first-order valence-electron chi connectivity index (χ1n) is 6.19. The molecule has 108 valence electrons. The summed E-state index contributed by atoms with van der Waals surface area (Å²) in [5.41, 5.74) is 1.74. The van der Waals surface area contributed by atoms with Crippen molar-refractivity contribution in [1.82, 2.24) is 10.3 Å². The highest BCUT2D eigenvalue weighted by atomic mass is 32.1. The largest absolute Gasteiger partial charge is 0.416 e. The van der Waals surface area contributed by atoms with Gasteiger partial charge < -0.3 is 5.32 Å². The predicted molar refractivity (Wildman–Crippen MR) is 73.5 cm³/mol. The molecule has 0 saturated carbocycles. The summed E-state index contributed by atoms with van der Waals surface area (Å²) in [6.07, 6.45) is -2.54. The minimum absolute atomic E-state index is 0.0482. The van der Waals surface area contributed by atoms with Gasteiger partial charge in [-0.3, -0.25) is 4.98 Å². The molecule has 1 aromatic heterocycles. The van der Waals surface area contributed by atoms with E-state index in [1.165, 1.54) is 23.5 Å². The lowest BCUT2D eigenvalue weighted by Crippen LogP contribution is -2.22. The molecule has 6 heteroatoms. The zero-order chi connectivity index (χ0) is 14.8. The molecule has 0 saturated heterocycles. The van der Waals surface area contributed by atoms with Crippen molar-refractivity contribution in [3.05, 3.63) is 52.0 Å². The van der Waals surface area contributed by atoms with E-state index < -0.39 is 11.7 Å². The van der Waals surface area contributed by atoms with Crippen LogP contribution in [0, 0.1) is 0 Å². The molecule has 0 amide bonds. The number of alkyl halides is 3. The third-order valence-corrected chi connectivity index (χ3v) is 4.05. The third kappa shape index (κ3) is 3.58. The van der Waals surface area contributed by atoms with Crippen LogP contribution in [0.3, 0.4) is 0 Å². The molecular weight excluding hydrogens is 285 g/mol. The average Bonchev–Trinajstić information content (AvgIpc) is 2.91. The molecule has 2 unspecified atom stereocenters. The van der Waals surface area contributed by atoms with Gasteiger partial charge in [0, 0.05) is 23.2 Å². The Morgan fingerprint density at radius 2 is 1.95 bits per heavy atom. The molecule has 0 fully saturated rings. The van der Waals surface area contributed by atoms with Crippen molar-refractivity contribution in [2.24, 2.45) is 0 Å². The van der Waals surface area contributed by atoms with Gasteiger partial charge in [0.05, 0.1) is 11.1 Å². The van der Waals surface area contributed by atoms with Crippen LogP contribution in [0.25, 0.3) is 0 Å². The molecule has 0 aliphatic carbocycles. The van der Waals surface area contributed by atoms with Crippen LogP contribution < -0.4 is 5.32 Å². The van der Waals surface area contributed by atoms with E-state index in [-0.39, 0.29) is 12.1 Å². The monoisotopic (exact) mass is 300 g/mol. The number of nitrogens with one attached hydrogen (secondary N) is 1. The molecule has 20 heavy (non-hydrogen) atoms. The summed E-state index contributed by atoms with van der Waals surface area (Å²) in [6.45, 7) is 3.82. The van der Waals surface area contributed by atoms with Gasteiger partial charge in [-0.15, -0.1) is 11.3 Å². The Morgan fingerprint density at radius 1 is 1.20 bits per heavy atom. The van der Waals surface area contributed by atoms with Crippen LogP contribution in [-0.4, -0.2) is 4.98 Å². The van der Waals surface area contributed by atoms with Crippen molar-refractivity contribution in [1.29, 1.82) is 0 Å². The molecule has 2 nitrogen and oxygen atoms in total. The number of thiazole rings is 1. The van der Waals surface area contributed by atoms with E-state index in [2.05, 4.69) is 10.3 Å². The van der Waals surface area contributed by atoms with Gasteiger partial charge in [-0.1, -0.05) is 12.1 Å². The Bertz CT molecular complexity index is 552. The Labute approximate surface area is 119 Å². The number of nitrogens with zero attached hydrogens (tertiary/aromatic N) is 1. The van der Waals surface area contributed by atoms with Gasteiger partial charge in [0.25, 0.3) is 0 Å². The Hall–Kier alpha value is -1.40. The maximum Gasteiger partial charge on any atom is 0.416 e. The van der Waals surface area contributed by atoms with Crippen LogP contribution in [0.2, 0.25) is 0 Å². The van der Waals surface area contributed by atoms with Gasteiger partial charge in [0.1, 0.15) is 0 Å². The van der Waals surface area contributed by atoms with E-state index in [4.69, 9.17) is 0 Å². The fraction of sp³-hybridized carbons (Fsp3) is 0.357. The fourth-order valence-electron chi connectivity index (χ4n) is 1.98. The molecule has 0 aliphatic heterocycles. The van der Waals surface area contributed by atoms with E-state index in [1.54, 1.807) is 17.8 Å². The molecule has 0 aliphatic rings. The maximum atomic E-state index is 12.7. The summed E-state index contributed by atoms with van der Waals surface area (Å²) in [6, 6.07) is 5.29. The Kier molecular flexibility index (Phi) is 4.45. The molecule has 0 spiro atoms. The zero-order valence-electron chi connectivity index (χ0n) is 11.1. The van der Waals surface area contributed by atoms with Gasteiger partial charge in [-0.2, -0.15) is 13.2 Å². The topological polar surface area (TPSA) is 24.9 Å². The Balaban J connectivity index is 2.11. The van der Waals surface area contributed by atoms with Gasteiger partial charge >= 0.3 is 6.18 Å². The summed E-state index contributed by atoms with van der Waals surface area (Å²) in [5.74, 6) is 0. The second kappa shape index (κ2) is 5.93. The third-order valence-electron chi connectivity index (χ3n) is 3.09. The quantitative estimate of drug-likeness (QED) is 0.894. The molecule has 1 heterocycles. The normalized spacial score (nSPS) is 15.1. The second-order valence-corrected chi connectivity index (χ2v) is 5.55. The van der Waals surface area contributed by atoms with Gasteiger partial charge in [-0.25, -0.2) is 0 Å². The van der Waals surface area contributed by atoms with Crippen LogP contribution in [0.4, 0.5) is 13.2 Å². The molecule has 0 radical (unpaired) electrons. The summed E-state index contributed by atoms with van der Waals surface area (Å²) in [4.78, 5) is 5.06. The minimum atomic E-state index is -4.31. The smallest absolute Gasteiger partial charge is 0.303 e. The first-order valence-corrected chi connectivity index (χ1v) is 7.07. The first-order chi connectivity index (χ1) is 9.38. The molecular formula is C14H15F3N2S. The van der Waals surface area contributed by atoms with E-state index in [9.17, 15) is 13.2 Å². The molecule has 2 atom stereocenters. The SMILES string of the molecule is CC(NC(C)c1cncs1)c1cccc(C(F)(F)F)c1. The predicted octanol–water partition coefficient (Wildman–Crippen LogP) is 4.57. The number of aromatic nitrogens is 1. The summed E-state index contributed by atoms with van der Waals surface area (Å²) >= 11 is 1.52. The van der Waals surface area contributed by atoms with Gasteiger partial charge in [0.15, 0.2) is 0 Å². The highest BCUT2D eigenvalue weighted by molar-refractivity contribution is 7.09. The van der Waals surface area contributed by atoms with Crippen molar-refractivity contribution >= 4 is 11.3 Å². The van der Waals surface area contributed by atoms with Crippen molar-refractivity contribution in [2.45, 2.75) is 32.1 Å². The van der Waals surface area contributed by atoms with Crippen LogP contribution in [0.5, 0.6) is 0 Å². The molecule has 1 N–H and O–H groups in total. The molecule has 2 aromatic rings. The van der Waals surface area contributed by atoms with E-state index in [0.29, 0.717) is 5.56 Å². The standard InChI is InChI=1S/C14H15F3N2S/c1-9(19-10(2)13-7-18-8-20-13)11-4-3-5-12(6-11)14(15,16)17/h3-10,19H,1-2H3. The Morgan fingerprint density at radius 3 is 2.55 bits per heavy atom. The zero-order valence-corrected chi connectivity index (χ0v) is 11.9. The van der Waals surface area contributed by atoms with Crippen LogP contribution in [0.15, 0.2) is 36.0 Å². The summed E-state index contributed by atoms with van der Waals surface area (Å²) < 4.78 is 38.1. The number of hydrogen-bond donors (Lipinski definition) is 1. The molecule has 2 rings (SSSR count). The minimum Gasteiger partial charge on any atom is -0.303 e. The number of halogens is 3. The van der Waals surface area contributed by atoms with Crippen molar-refractivity contribution in [3.8, 4) is 0 Å². The van der Waals surface area contributed by atoms with E-state index >= 15 is 0 Å². The lowest BCUT2D eigenvalue weighted by molar-refractivity contribution is -0.137. The van der Waals surface area contributed by atoms with Crippen molar-refractivity contribution in [3.63, 3.8) is 0 Å². The summed E-state index contributed by atoms with van der Waals surface area (Å²) in [7, 11) is 0. The fourth-order valence-corrected chi connectivity index (χ4v) is 2.61. The maximum absolute atomic E-state index is 12.7. The number of hydrogen-bond acceptors (Lipinski definition) is 3. The van der Waals surface area contributed by atoms with Gasteiger partial charge in [0.2, 0.25) is 0 Å². The number of rotatable bonds is 4. The first kappa shape index (κ1) is 15.0. The molecule has 1 aromatic carbocycles. The van der Waals surface area contributed by atoms with Gasteiger partial charge in [-0.05, 0) is 31.5 Å².